The van der Waals surface area contributed by atoms with E-state index >= 15 is 0 Å². The first-order valence-electron chi connectivity index (χ1n) is 14.9. The molecular formula is C35H37N3O3S. The molecule has 0 saturated heterocycles. The van der Waals surface area contributed by atoms with E-state index in [1.807, 2.05) is 79.4 Å². The second-order valence-electron chi connectivity index (χ2n) is 11.5. The Balaban J connectivity index is 1.31. The normalized spacial score (nSPS) is 19.6. The van der Waals surface area contributed by atoms with E-state index in [1.165, 1.54) is 5.56 Å². The van der Waals surface area contributed by atoms with Crippen LogP contribution in [0.25, 0.3) is 0 Å². The van der Waals surface area contributed by atoms with Crippen LogP contribution < -0.4 is 9.62 Å². The highest BCUT2D eigenvalue weighted by molar-refractivity contribution is 7.89. The predicted molar refractivity (Wildman–Crippen MR) is 166 cm³/mol. The number of sulfonamides is 1. The Hall–Kier alpha value is -3.81. The number of pyridine rings is 1. The van der Waals surface area contributed by atoms with E-state index in [0.29, 0.717) is 13.0 Å². The van der Waals surface area contributed by atoms with E-state index < -0.39 is 10.0 Å². The van der Waals surface area contributed by atoms with E-state index in [0.717, 1.165) is 59.4 Å². The molecule has 1 amide bonds. The fraction of sp³-hybridized carbons (Fsp3) is 0.314. The van der Waals surface area contributed by atoms with Crippen LogP contribution in [-0.4, -0.2) is 19.3 Å². The summed E-state index contributed by atoms with van der Waals surface area (Å²) >= 11 is 0. The molecular weight excluding hydrogens is 542 g/mol. The molecule has 0 radical (unpaired) electrons. The van der Waals surface area contributed by atoms with Crippen LogP contribution in [0.2, 0.25) is 0 Å². The molecule has 216 valence electrons. The van der Waals surface area contributed by atoms with Crippen molar-refractivity contribution in [2.24, 2.45) is 5.92 Å². The number of benzene rings is 3. The molecule has 1 aromatic heterocycles. The molecule has 4 aromatic rings. The van der Waals surface area contributed by atoms with Gasteiger partial charge in [0.25, 0.3) is 0 Å². The average molecular weight is 580 g/mol. The van der Waals surface area contributed by atoms with Crippen LogP contribution in [0.3, 0.4) is 0 Å². The first-order chi connectivity index (χ1) is 20.3. The second-order valence-corrected chi connectivity index (χ2v) is 13.2. The number of anilines is 1. The number of amides is 1. The van der Waals surface area contributed by atoms with Gasteiger partial charge in [-0.3, -0.25) is 9.78 Å². The number of aromatic nitrogens is 1. The third-order valence-corrected chi connectivity index (χ3v) is 10.0. The SMILES string of the molecule is CCc1ccc(S(=O)(=O)N[C@H]2CCCc3ccc(N(Cc4cccc(C)n4)C(=O)[C@@H]4C[C@@H]4c4ccccc4)cc32)cc1. The summed E-state index contributed by atoms with van der Waals surface area (Å²) in [5.41, 5.74) is 6.85. The lowest BCUT2D eigenvalue weighted by atomic mass is 9.87. The minimum Gasteiger partial charge on any atom is -0.306 e. The minimum absolute atomic E-state index is 0.0797. The topological polar surface area (TPSA) is 79.4 Å². The number of hydrogen-bond acceptors (Lipinski definition) is 4. The third-order valence-electron chi connectivity index (χ3n) is 8.56. The Morgan fingerprint density at radius 2 is 1.76 bits per heavy atom. The number of nitrogens with one attached hydrogen (secondary N) is 1. The lowest BCUT2D eigenvalue weighted by Gasteiger charge is -2.29. The maximum Gasteiger partial charge on any atom is 0.241 e. The maximum atomic E-state index is 14.1. The Morgan fingerprint density at radius 1 is 0.976 bits per heavy atom. The first kappa shape index (κ1) is 28.3. The number of rotatable bonds is 9. The van der Waals surface area contributed by atoms with E-state index in [-0.39, 0.29) is 28.7 Å². The largest absolute Gasteiger partial charge is 0.306 e. The molecule has 42 heavy (non-hydrogen) atoms. The third kappa shape index (κ3) is 6.03. The van der Waals surface area contributed by atoms with E-state index in [9.17, 15) is 13.2 Å². The maximum absolute atomic E-state index is 14.1. The Labute approximate surface area is 248 Å². The van der Waals surface area contributed by atoms with Crippen LogP contribution in [0, 0.1) is 12.8 Å². The molecule has 0 unspecified atom stereocenters. The van der Waals surface area contributed by atoms with Crippen molar-refractivity contribution in [3.63, 3.8) is 0 Å². The summed E-state index contributed by atoms with van der Waals surface area (Å²) in [6.45, 7) is 4.36. The summed E-state index contributed by atoms with van der Waals surface area (Å²) in [4.78, 5) is 20.9. The fourth-order valence-corrected chi connectivity index (χ4v) is 7.37. The number of carbonyl (C=O) groups excluding carboxylic acids is 1. The minimum atomic E-state index is -3.71. The number of hydrogen-bond donors (Lipinski definition) is 1. The molecule has 1 N–H and O–H groups in total. The van der Waals surface area contributed by atoms with Gasteiger partial charge in [-0.15, -0.1) is 0 Å². The van der Waals surface area contributed by atoms with Crippen molar-refractivity contribution < 1.29 is 13.2 Å². The first-order valence-corrected chi connectivity index (χ1v) is 16.3. The van der Waals surface area contributed by atoms with Gasteiger partial charge >= 0.3 is 0 Å². The van der Waals surface area contributed by atoms with Gasteiger partial charge in [-0.05, 0) is 104 Å². The van der Waals surface area contributed by atoms with Crippen LogP contribution in [0.15, 0.2) is 95.9 Å². The smallest absolute Gasteiger partial charge is 0.241 e. The zero-order valence-electron chi connectivity index (χ0n) is 24.2. The van der Waals surface area contributed by atoms with Crippen molar-refractivity contribution >= 4 is 21.6 Å². The quantitative estimate of drug-likeness (QED) is 0.241. The van der Waals surface area contributed by atoms with Crippen molar-refractivity contribution in [3.05, 3.63) is 125 Å². The van der Waals surface area contributed by atoms with Crippen molar-refractivity contribution in [1.29, 1.82) is 0 Å². The molecule has 1 saturated carbocycles. The standard InChI is InChI=1S/C35H37N3O3S/c1-3-25-15-19-30(20-16-25)42(40,41)37-34-14-8-12-27-17-18-29(21-32(27)34)38(23-28-13-7-9-24(2)36-28)35(39)33-22-31(33)26-10-5-4-6-11-26/h4-7,9-11,13,15-21,31,33-34,37H,3,8,12,14,22-23H2,1-2H3/t31-,33-,34+/m1/s1. The van der Waals surface area contributed by atoms with Gasteiger partial charge in [-0.1, -0.05) is 61.5 Å². The monoisotopic (exact) mass is 579 g/mol. The number of carbonyl (C=O) groups is 1. The highest BCUT2D eigenvalue weighted by atomic mass is 32.2. The molecule has 1 heterocycles. The molecule has 3 aromatic carbocycles. The van der Waals surface area contributed by atoms with Crippen LogP contribution in [0.4, 0.5) is 5.69 Å². The van der Waals surface area contributed by atoms with E-state index in [2.05, 4.69) is 27.9 Å². The zero-order valence-corrected chi connectivity index (χ0v) is 25.0. The molecule has 2 aliphatic rings. The van der Waals surface area contributed by atoms with Crippen LogP contribution >= 0.6 is 0 Å². The van der Waals surface area contributed by atoms with E-state index in [1.54, 1.807) is 12.1 Å². The molecule has 7 heteroatoms. The number of nitrogens with zero attached hydrogens (tertiary/aromatic N) is 2. The van der Waals surface area contributed by atoms with Crippen molar-refractivity contribution in [2.75, 3.05) is 4.90 Å². The molecule has 6 rings (SSSR count). The molecule has 0 bridgehead atoms. The predicted octanol–water partition coefficient (Wildman–Crippen LogP) is 6.65. The van der Waals surface area contributed by atoms with Gasteiger partial charge in [0.15, 0.2) is 0 Å². The van der Waals surface area contributed by atoms with Gasteiger partial charge in [-0.2, -0.15) is 0 Å². The number of fused-ring (bicyclic) bond motifs is 1. The molecule has 3 atom stereocenters. The van der Waals surface area contributed by atoms with Gasteiger partial charge < -0.3 is 4.90 Å². The van der Waals surface area contributed by atoms with Gasteiger partial charge in [0.1, 0.15) is 0 Å². The Morgan fingerprint density at radius 3 is 2.50 bits per heavy atom. The highest BCUT2D eigenvalue weighted by Gasteiger charge is 2.46. The summed E-state index contributed by atoms with van der Waals surface area (Å²) in [7, 11) is -3.71. The average Bonchev–Trinajstić information content (AvgIpc) is 3.81. The second kappa shape index (κ2) is 11.8. The molecule has 2 aliphatic carbocycles. The van der Waals surface area contributed by atoms with Crippen molar-refractivity contribution in [3.8, 4) is 0 Å². The summed E-state index contributed by atoms with van der Waals surface area (Å²) in [6.07, 6.45) is 4.16. The summed E-state index contributed by atoms with van der Waals surface area (Å²) in [5, 5.41) is 0. The van der Waals surface area contributed by atoms with Gasteiger partial charge in [0, 0.05) is 23.3 Å². The Kier molecular flexibility index (Phi) is 7.97. The zero-order chi connectivity index (χ0) is 29.3. The van der Waals surface area contributed by atoms with Gasteiger partial charge in [-0.25, -0.2) is 13.1 Å². The molecule has 0 spiro atoms. The van der Waals surface area contributed by atoms with E-state index in [4.69, 9.17) is 0 Å². The fourth-order valence-electron chi connectivity index (χ4n) is 6.12. The summed E-state index contributed by atoms with van der Waals surface area (Å²) in [5.74, 6) is 0.202. The molecule has 6 nitrogen and oxygen atoms in total. The van der Waals surface area contributed by atoms with Gasteiger partial charge in [0.2, 0.25) is 15.9 Å². The van der Waals surface area contributed by atoms with Gasteiger partial charge in [0.05, 0.1) is 17.1 Å². The lowest BCUT2D eigenvalue weighted by molar-refractivity contribution is -0.120. The van der Waals surface area contributed by atoms with Crippen LogP contribution in [0.1, 0.15) is 71.8 Å². The van der Waals surface area contributed by atoms with Crippen LogP contribution in [-0.2, 0) is 34.2 Å². The lowest BCUT2D eigenvalue weighted by Crippen LogP contribution is -2.34. The molecule has 0 aliphatic heterocycles. The van der Waals surface area contributed by atoms with Crippen molar-refractivity contribution in [1.82, 2.24) is 9.71 Å². The van der Waals surface area contributed by atoms with Crippen molar-refractivity contribution in [2.45, 2.75) is 69.4 Å². The Bertz CT molecular complexity index is 1690. The number of aryl methyl sites for hydroxylation is 3. The van der Waals surface area contributed by atoms with Crippen LogP contribution in [0.5, 0.6) is 0 Å². The highest BCUT2D eigenvalue weighted by Crippen LogP contribution is 2.49. The molecule has 1 fully saturated rings. The summed E-state index contributed by atoms with van der Waals surface area (Å²) in [6, 6.07) is 28.9. The summed E-state index contributed by atoms with van der Waals surface area (Å²) < 4.78 is 29.8.